The number of likely N-dealkylation sites (tertiary alicyclic amines) is 2. The van der Waals surface area contributed by atoms with Crippen LogP contribution in [0.25, 0.3) is 0 Å². The molecule has 7 heteroatoms. The van der Waals surface area contributed by atoms with Crippen molar-refractivity contribution in [2.45, 2.75) is 38.0 Å². The number of amides is 2. The molecule has 0 aromatic heterocycles. The van der Waals surface area contributed by atoms with E-state index in [1.807, 2.05) is 0 Å². The van der Waals surface area contributed by atoms with Gasteiger partial charge in [0.25, 0.3) is 0 Å². The van der Waals surface area contributed by atoms with Crippen molar-refractivity contribution in [3.05, 3.63) is 0 Å². The quantitative estimate of drug-likeness (QED) is 0.619. The fraction of sp³-hybridized carbons (Fsp3) is 0.833. The van der Waals surface area contributed by atoms with Crippen molar-refractivity contribution in [1.82, 2.24) is 9.80 Å². The topological polar surface area (TPSA) is 101 Å². The zero-order chi connectivity index (χ0) is 14.2. The van der Waals surface area contributed by atoms with E-state index >= 15 is 0 Å². The third-order valence-corrected chi connectivity index (χ3v) is 3.99. The van der Waals surface area contributed by atoms with E-state index < -0.39 is 24.2 Å². The minimum atomic E-state index is -1.09. The highest BCUT2D eigenvalue weighted by Crippen LogP contribution is 2.25. The molecule has 108 valence electrons. The number of aliphatic hydroxyl groups is 2. The lowest BCUT2D eigenvalue weighted by molar-refractivity contribution is -0.141. The molecule has 2 saturated heterocycles. The van der Waals surface area contributed by atoms with Gasteiger partial charge in [-0.15, -0.1) is 0 Å². The molecule has 0 spiro atoms. The average Bonchev–Trinajstić information content (AvgIpc) is 2.94. The van der Waals surface area contributed by atoms with E-state index in [0.717, 1.165) is 6.42 Å². The normalized spacial score (nSPS) is 32.7. The molecule has 4 atom stereocenters. The molecule has 0 aliphatic carbocycles. The Balaban J connectivity index is 2.01. The first-order valence-electron chi connectivity index (χ1n) is 6.54. The Hall–Kier alpha value is -1.34. The minimum absolute atomic E-state index is 0.0414. The SMILES string of the molecule is CC(O)C1CCN(C(=O)N2C[C@@H](O)C[C@H]2C(=O)O)C1. The van der Waals surface area contributed by atoms with Gasteiger partial charge in [0.15, 0.2) is 0 Å². The van der Waals surface area contributed by atoms with Crippen LogP contribution < -0.4 is 0 Å². The number of nitrogens with zero attached hydrogens (tertiary/aromatic N) is 2. The summed E-state index contributed by atoms with van der Waals surface area (Å²) in [6, 6.07) is -1.31. The van der Waals surface area contributed by atoms with Gasteiger partial charge in [0, 0.05) is 32.0 Å². The first kappa shape index (κ1) is 14.1. The molecule has 2 fully saturated rings. The van der Waals surface area contributed by atoms with Crippen molar-refractivity contribution in [3.63, 3.8) is 0 Å². The second-order valence-electron chi connectivity index (χ2n) is 5.41. The molecule has 2 amide bonds. The zero-order valence-corrected chi connectivity index (χ0v) is 10.9. The molecule has 0 aromatic carbocycles. The highest BCUT2D eigenvalue weighted by molar-refractivity contribution is 5.83. The van der Waals surface area contributed by atoms with Gasteiger partial charge in [-0.1, -0.05) is 0 Å². The molecule has 7 nitrogen and oxygen atoms in total. The van der Waals surface area contributed by atoms with Crippen molar-refractivity contribution < 1.29 is 24.9 Å². The van der Waals surface area contributed by atoms with Crippen LogP contribution in [-0.2, 0) is 4.79 Å². The van der Waals surface area contributed by atoms with Crippen LogP contribution in [0.15, 0.2) is 0 Å². The van der Waals surface area contributed by atoms with Crippen LogP contribution in [0.4, 0.5) is 4.79 Å². The molecule has 2 unspecified atom stereocenters. The molecular formula is C12H20N2O5. The predicted molar refractivity (Wildman–Crippen MR) is 65.5 cm³/mol. The van der Waals surface area contributed by atoms with Gasteiger partial charge in [0.05, 0.1) is 12.2 Å². The van der Waals surface area contributed by atoms with Crippen LogP contribution in [0.5, 0.6) is 0 Å². The lowest BCUT2D eigenvalue weighted by Gasteiger charge is -2.27. The number of hydrogen-bond donors (Lipinski definition) is 3. The van der Waals surface area contributed by atoms with E-state index in [0.29, 0.717) is 13.1 Å². The lowest BCUT2D eigenvalue weighted by Crippen LogP contribution is -2.47. The van der Waals surface area contributed by atoms with E-state index in [9.17, 15) is 19.8 Å². The highest BCUT2D eigenvalue weighted by atomic mass is 16.4. The molecule has 2 rings (SSSR count). The van der Waals surface area contributed by atoms with Gasteiger partial charge in [0.1, 0.15) is 6.04 Å². The van der Waals surface area contributed by atoms with Crippen LogP contribution in [0, 0.1) is 5.92 Å². The van der Waals surface area contributed by atoms with Crippen LogP contribution in [-0.4, -0.2) is 75.0 Å². The summed E-state index contributed by atoms with van der Waals surface area (Å²) in [5, 5.41) is 28.1. The van der Waals surface area contributed by atoms with Crippen molar-refractivity contribution >= 4 is 12.0 Å². The third-order valence-electron chi connectivity index (χ3n) is 3.99. The van der Waals surface area contributed by atoms with E-state index in [4.69, 9.17) is 5.11 Å². The van der Waals surface area contributed by atoms with Gasteiger partial charge in [-0.2, -0.15) is 0 Å². The Morgan fingerprint density at radius 2 is 2.00 bits per heavy atom. The zero-order valence-electron chi connectivity index (χ0n) is 10.9. The van der Waals surface area contributed by atoms with Gasteiger partial charge < -0.3 is 25.1 Å². The number of rotatable bonds is 2. The highest BCUT2D eigenvalue weighted by Gasteiger charge is 2.42. The number of urea groups is 1. The molecule has 0 aromatic rings. The van der Waals surface area contributed by atoms with Crippen LogP contribution in [0.2, 0.25) is 0 Å². The first-order chi connectivity index (χ1) is 8.90. The van der Waals surface area contributed by atoms with Gasteiger partial charge in [-0.3, -0.25) is 0 Å². The van der Waals surface area contributed by atoms with Crippen LogP contribution >= 0.6 is 0 Å². The fourth-order valence-electron chi connectivity index (χ4n) is 2.80. The van der Waals surface area contributed by atoms with Crippen molar-refractivity contribution in [1.29, 1.82) is 0 Å². The summed E-state index contributed by atoms with van der Waals surface area (Å²) >= 11 is 0. The van der Waals surface area contributed by atoms with Gasteiger partial charge >= 0.3 is 12.0 Å². The van der Waals surface area contributed by atoms with Gasteiger partial charge in [-0.05, 0) is 13.3 Å². The second kappa shape index (κ2) is 5.34. The van der Waals surface area contributed by atoms with Crippen LogP contribution in [0.1, 0.15) is 19.8 Å². The van der Waals surface area contributed by atoms with Gasteiger partial charge in [-0.25, -0.2) is 9.59 Å². The molecule has 0 saturated carbocycles. The number of aliphatic hydroxyl groups excluding tert-OH is 2. The summed E-state index contributed by atoms with van der Waals surface area (Å²) in [5.41, 5.74) is 0. The van der Waals surface area contributed by atoms with Crippen molar-refractivity contribution in [2.24, 2.45) is 5.92 Å². The van der Waals surface area contributed by atoms with Gasteiger partial charge in [0.2, 0.25) is 0 Å². The number of hydrogen-bond acceptors (Lipinski definition) is 4. The molecule has 2 aliphatic rings. The number of carboxylic acids is 1. The summed E-state index contributed by atoms with van der Waals surface area (Å²) < 4.78 is 0. The number of carbonyl (C=O) groups is 2. The summed E-state index contributed by atoms with van der Waals surface area (Å²) in [6.45, 7) is 2.71. The summed E-state index contributed by atoms with van der Waals surface area (Å²) in [4.78, 5) is 26.1. The molecule has 19 heavy (non-hydrogen) atoms. The number of carbonyl (C=O) groups excluding carboxylic acids is 1. The molecule has 3 N–H and O–H groups in total. The number of β-amino-alcohol motifs (C(OH)–C–C–N with tert-alkyl or cyclic N) is 1. The maximum absolute atomic E-state index is 12.3. The summed E-state index contributed by atoms with van der Waals surface area (Å²) in [7, 11) is 0. The maximum Gasteiger partial charge on any atom is 0.326 e. The Morgan fingerprint density at radius 3 is 2.53 bits per heavy atom. The minimum Gasteiger partial charge on any atom is -0.480 e. The third kappa shape index (κ3) is 2.82. The fourth-order valence-corrected chi connectivity index (χ4v) is 2.80. The Morgan fingerprint density at radius 1 is 1.32 bits per heavy atom. The number of carboxylic acid groups (broad SMARTS) is 1. The molecule has 2 heterocycles. The van der Waals surface area contributed by atoms with E-state index in [-0.39, 0.29) is 24.9 Å². The van der Waals surface area contributed by atoms with E-state index in [2.05, 4.69) is 0 Å². The van der Waals surface area contributed by atoms with Crippen molar-refractivity contribution in [2.75, 3.05) is 19.6 Å². The largest absolute Gasteiger partial charge is 0.480 e. The Labute approximate surface area is 111 Å². The molecule has 0 bridgehead atoms. The summed E-state index contributed by atoms with van der Waals surface area (Å²) in [6.07, 6.45) is -0.454. The average molecular weight is 272 g/mol. The first-order valence-corrected chi connectivity index (χ1v) is 6.54. The number of aliphatic carboxylic acids is 1. The van der Waals surface area contributed by atoms with Crippen LogP contribution in [0.3, 0.4) is 0 Å². The maximum atomic E-state index is 12.3. The second-order valence-corrected chi connectivity index (χ2v) is 5.41. The molecule has 2 aliphatic heterocycles. The predicted octanol–water partition coefficient (Wildman–Crippen LogP) is -0.671. The lowest BCUT2D eigenvalue weighted by atomic mass is 10.0. The standard InChI is InChI=1S/C12H20N2O5/c1-7(15)8-2-3-13(5-8)12(19)14-6-9(16)4-10(14)11(17)18/h7-10,15-16H,2-6H2,1H3,(H,17,18)/t7?,8?,9-,10-/m0/s1. The van der Waals surface area contributed by atoms with Crippen molar-refractivity contribution in [3.8, 4) is 0 Å². The molecular weight excluding hydrogens is 252 g/mol. The monoisotopic (exact) mass is 272 g/mol. The Kier molecular flexibility index (Phi) is 3.96. The Bertz CT molecular complexity index is 373. The van der Waals surface area contributed by atoms with E-state index in [1.165, 1.54) is 4.90 Å². The summed E-state index contributed by atoms with van der Waals surface area (Å²) in [5.74, 6) is -1.05. The smallest absolute Gasteiger partial charge is 0.326 e. The van der Waals surface area contributed by atoms with E-state index in [1.54, 1.807) is 11.8 Å². The molecule has 0 radical (unpaired) electrons.